The maximum Gasteiger partial charge on any atom is 0.312 e. The molecule has 2 N–H and O–H groups in total. The largest absolute Gasteiger partial charge is 0.469 e. The predicted molar refractivity (Wildman–Crippen MR) is 144 cm³/mol. The first-order valence-electron chi connectivity index (χ1n) is 14.3. The van der Waals surface area contributed by atoms with Crippen LogP contribution in [0.2, 0.25) is 0 Å². The average Bonchev–Trinajstić information content (AvgIpc) is 2.82. The zero-order chi connectivity index (χ0) is 28.3. The zero-order valence-corrected chi connectivity index (χ0v) is 24.5. The maximum atomic E-state index is 14.4. The fourth-order valence-electron chi connectivity index (χ4n) is 10.3. The lowest BCUT2D eigenvalue weighted by Crippen LogP contribution is -2.66. The number of esters is 1. The van der Waals surface area contributed by atoms with E-state index in [1.54, 1.807) is 6.08 Å². The molecule has 5 rings (SSSR count). The second kappa shape index (κ2) is 7.91. The molecular weight excluding hydrogens is 478 g/mol. The van der Waals surface area contributed by atoms with Gasteiger partial charge >= 0.3 is 5.97 Å². The standard InChI is InChI=1S/C32H45NO5/c1-27(2)11-13-32(26(37)38-8)14-12-31(7)23(19(32)17-27)20(34)15-22-29(5)16-18(25(33)36)24(35)28(3,4)21(29)9-10-30(22,31)6/h15-16,19,21,23H,9-14,17H2,1-8H3,(H2,33,36)/t19-,21-,23-,29-,30+,31+,32-/m0/s1. The molecule has 0 aromatic heterocycles. The van der Waals surface area contributed by atoms with Crippen molar-refractivity contribution in [1.29, 1.82) is 0 Å². The normalized spacial score (nSPS) is 44.9. The Kier molecular flexibility index (Phi) is 5.69. The highest BCUT2D eigenvalue weighted by Gasteiger charge is 2.71. The number of allylic oxidation sites excluding steroid dienone is 3. The van der Waals surface area contributed by atoms with Crippen LogP contribution in [0.3, 0.4) is 0 Å². The quantitative estimate of drug-likeness (QED) is 0.389. The van der Waals surface area contributed by atoms with E-state index in [1.165, 1.54) is 7.11 Å². The monoisotopic (exact) mass is 523 g/mol. The van der Waals surface area contributed by atoms with Gasteiger partial charge in [-0.3, -0.25) is 19.2 Å². The van der Waals surface area contributed by atoms with Crippen LogP contribution in [0.25, 0.3) is 0 Å². The van der Waals surface area contributed by atoms with Gasteiger partial charge in [0.15, 0.2) is 11.6 Å². The third kappa shape index (κ3) is 3.18. The van der Waals surface area contributed by atoms with E-state index in [0.29, 0.717) is 0 Å². The van der Waals surface area contributed by atoms with Crippen molar-refractivity contribution in [2.75, 3.05) is 7.11 Å². The number of nitrogens with two attached hydrogens (primary N) is 1. The minimum atomic E-state index is -0.767. The van der Waals surface area contributed by atoms with Gasteiger partial charge < -0.3 is 10.5 Å². The summed E-state index contributed by atoms with van der Waals surface area (Å²) in [6, 6.07) is 0. The summed E-state index contributed by atoms with van der Waals surface area (Å²) in [5.74, 6) is -1.37. The Bertz CT molecular complexity index is 1210. The van der Waals surface area contributed by atoms with E-state index in [9.17, 15) is 19.2 Å². The van der Waals surface area contributed by atoms with Gasteiger partial charge in [-0.15, -0.1) is 0 Å². The summed E-state index contributed by atoms with van der Waals surface area (Å²) in [5, 5.41) is 0. The van der Waals surface area contributed by atoms with E-state index in [4.69, 9.17) is 10.5 Å². The van der Waals surface area contributed by atoms with Crippen molar-refractivity contribution in [2.24, 2.45) is 56.0 Å². The number of primary amides is 1. The molecule has 5 aliphatic rings. The lowest BCUT2D eigenvalue weighted by molar-refractivity contribution is -0.191. The summed E-state index contributed by atoms with van der Waals surface area (Å²) in [5.41, 5.74) is 4.14. The van der Waals surface area contributed by atoms with Crippen LogP contribution in [0.15, 0.2) is 23.3 Å². The smallest absolute Gasteiger partial charge is 0.312 e. The van der Waals surface area contributed by atoms with E-state index in [-0.39, 0.29) is 57.1 Å². The molecule has 0 aromatic rings. The minimum Gasteiger partial charge on any atom is -0.469 e. The summed E-state index contributed by atoms with van der Waals surface area (Å²) in [7, 11) is 1.47. The molecule has 0 bridgehead atoms. The Morgan fingerprint density at radius 2 is 1.58 bits per heavy atom. The van der Waals surface area contributed by atoms with Crippen LogP contribution >= 0.6 is 0 Å². The summed E-state index contributed by atoms with van der Waals surface area (Å²) in [4.78, 5) is 53.5. The third-order valence-corrected chi connectivity index (χ3v) is 12.6. The van der Waals surface area contributed by atoms with Crippen LogP contribution in [0.5, 0.6) is 0 Å². The van der Waals surface area contributed by atoms with Gasteiger partial charge in [0.2, 0.25) is 0 Å². The summed E-state index contributed by atoms with van der Waals surface area (Å²) in [6.07, 6.45) is 9.32. The topological polar surface area (TPSA) is 104 Å². The lowest BCUT2D eigenvalue weighted by atomic mass is 9.34. The number of hydrogen-bond acceptors (Lipinski definition) is 5. The van der Waals surface area contributed by atoms with E-state index < -0.39 is 22.2 Å². The number of carbonyl (C=O) groups excluding carboxylic acids is 4. The molecule has 208 valence electrons. The first-order valence-corrected chi connectivity index (χ1v) is 14.3. The number of methoxy groups -OCH3 is 1. The van der Waals surface area contributed by atoms with Crippen LogP contribution in [0.4, 0.5) is 0 Å². The molecule has 38 heavy (non-hydrogen) atoms. The van der Waals surface area contributed by atoms with Crippen LogP contribution in [-0.2, 0) is 23.9 Å². The van der Waals surface area contributed by atoms with Crippen molar-refractivity contribution in [1.82, 2.24) is 0 Å². The van der Waals surface area contributed by atoms with Gasteiger partial charge in [-0.2, -0.15) is 0 Å². The van der Waals surface area contributed by atoms with Gasteiger partial charge in [0, 0.05) is 16.7 Å². The van der Waals surface area contributed by atoms with Crippen molar-refractivity contribution >= 4 is 23.4 Å². The summed E-state index contributed by atoms with van der Waals surface area (Å²) in [6.45, 7) is 15.0. The lowest BCUT2D eigenvalue weighted by Gasteiger charge is -2.68. The van der Waals surface area contributed by atoms with Crippen LogP contribution < -0.4 is 5.73 Å². The first-order chi connectivity index (χ1) is 17.4. The molecule has 7 atom stereocenters. The summed E-state index contributed by atoms with van der Waals surface area (Å²) >= 11 is 0. The van der Waals surface area contributed by atoms with Crippen molar-refractivity contribution in [2.45, 2.75) is 93.4 Å². The molecule has 6 nitrogen and oxygen atoms in total. The Morgan fingerprint density at radius 1 is 0.947 bits per heavy atom. The first kappa shape index (κ1) is 27.3. The Balaban J connectivity index is 1.71. The number of ketones is 2. The highest BCUT2D eigenvalue weighted by Crippen LogP contribution is 2.74. The SMILES string of the molecule is COC(=O)[C@]12CCC(C)(C)C[C@H]1[C@H]1C(=O)C=C3[C@@]4(C)C=C(C(N)=O)C(=O)C(C)(C)[C@@H]4CC[C@@]3(C)[C@]1(C)CC2. The van der Waals surface area contributed by atoms with Crippen molar-refractivity contribution in [3.05, 3.63) is 23.3 Å². The molecule has 0 radical (unpaired) electrons. The number of hydrogen-bond donors (Lipinski definition) is 1. The zero-order valence-electron chi connectivity index (χ0n) is 24.5. The van der Waals surface area contributed by atoms with Gasteiger partial charge in [-0.25, -0.2) is 0 Å². The van der Waals surface area contributed by atoms with Crippen molar-refractivity contribution < 1.29 is 23.9 Å². The van der Waals surface area contributed by atoms with Gasteiger partial charge in [-0.05, 0) is 79.1 Å². The molecule has 6 heteroatoms. The highest BCUT2D eigenvalue weighted by molar-refractivity contribution is 6.21. The maximum absolute atomic E-state index is 14.4. The molecule has 1 amide bonds. The van der Waals surface area contributed by atoms with E-state index >= 15 is 0 Å². The van der Waals surface area contributed by atoms with Crippen molar-refractivity contribution in [3.8, 4) is 0 Å². The number of carbonyl (C=O) groups is 4. The summed E-state index contributed by atoms with van der Waals surface area (Å²) < 4.78 is 5.40. The molecule has 0 heterocycles. The Hall–Kier alpha value is -2.24. The van der Waals surface area contributed by atoms with E-state index in [0.717, 1.165) is 50.5 Å². The number of Topliss-reactive ketones (excluding diaryl/α,β-unsaturated/α-hetero) is 1. The van der Waals surface area contributed by atoms with Crippen LogP contribution in [-0.4, -0.2) is 30.6 Å². The second-order valence-electron chi connectivity index (χ2n) is 15.2. The second-order valence-corrected chi connectivity index (χ2v) is 15.2. The van der Waals surface area contributed by atoms with Crippen molar-refractivity contribution in [3.63, 3.8) is 0 Å². The molecule has 5 aliphatic carbocycles. The number of fused-ring (bicyclic) bond motifs is 7. The van der Waals surface area contributed by atoms with E-state index in [2.05, 4.69) is 34.6 Å². The minimum absolute atomic E-state index is 0.0377. The number of amides is 1. The molecule has 3 saturated carbocycles. The fourth-order valence-corrected chi connectivity index (χ4v) is 10.3. The molecule has 0 unspecified atom stereocenters. The molecule has 3 fully saturated rings. The predicted octanol–water partition coefficient (Wildman–Crippen LogP) is 5.34. The molecule has 0 spiro atoms. The van der Waals surface area contributed by atoms with Crippen LogP contribution in [0, 0.1) is 50.2 Å². The molecular formula is C32H45NO5. The fraction of sp³-hybridized carbons (Fsp3) is 0.750. The molecule has 0 saturated heterocycles. The number of ether oxygens (including phenoxy) is 1. The molecule has 0 aliphatic heterocycles. The van der Waals surface area contributed by atoms with Gasteiger partial charge in [0.1, 0.15) is 0 Å². The van der Waals surface area contributed by atoms with Gasteiger partial charge in [0.25, 0.3) is 5.91 Å². The van der Waals surface area contributed by atoms with Gasteiger partial charge in [0.05, 0.1) is 18.1 Å². The van der Waals surface area contributed by atoms with Gasteiger partial charge in [-0.1, -0.05) is 60.1 Å². The average molecular weight is 524 g/mol. The number of rotatable bonds is 2. The Labute approximate surface area is 227 Å². The third-order valence-electron chi connectivity index (χ3n) is 12.6. The Morgan fingerprint density at radius 3 is 2.18 bits per heavy atom. The molecule has 0 aromatic carbocycles. The van der Waals surface area contributed by atoms with E-state index in [1.807, 2.05) is 19.9 Å². The van der Waals surface area contributed by atoms with Crippen LogP contribution in [0.1, 0.15) is 93.4 Å². The highest BCUT2D eigenvalue weighted by atomic mass is 16.5.